The lowest BCUT2D eigenvalue weighted by Crippen LogP contribution is -2.55. The molecule has 1 aliphatic heterocycles. The minimum absolute atomic E-state index is 0.0255. The van der Waals surface area contributed by atoms with Crippen LogP contribution in [0.4, 0.5) is 0 Å². The van der Waals surface area contributed by atoms with Crippen LogP contribution in [0.5, 0.6) is 5.75 Å². The van der Waals surface area contributed by atoms with E-state index in [1.807, 2.05) is 29.2 Å². The van der Waals surface area contributed by atoms with Gasteiger partial charge >= 0.3 is 0 Å². The molecule has 1 aromatic carbocycles. The molecule has 1 aromatic rings. The van der Waals surface area contributed by atoms with E-state index in [4.69, 9.17) is 4.74 Å². The Hall–Kier alpha value is -1.55. The highest BCUT2D eigenvalue weighted by molar-refractivity contribution is 5.74. The van der Waals surface area contributed by atoms with Gasteiger partial charge in [0, 0.05) is 19.4 Å². The van der Waals surface area contributed by atoms with Crippen LogP contribution in [0, 0.1) is 5.92 Å². The van der Waals surface area contributed by atoms with Crippen LogP contribution in [0.15, 0.2) is 24.3 Å². The Bertz CT molecular complexity index is 542. The second-order valence-electron chi connectivity index (χ2n) is 6.64. The van der Waals surface area contributed by atoms with Gasteiger partial charge in [0.15, 0.2) is 0 Å². The zero-order chi connectivity index (χ0) is 15.7. The number of ether oxygens (including phenoxy) is 1. The van der Waals surface area contributed by atoms with Crippen molar-refractivity contribution >= 4 is 5.91 Å². The molecule has 0 radical (unpaired) electrons. The predicted molar refractivity (Wildman–Crippen MR) is 84.6 cm³/mol. The molecule has 0 aromatic heterocycles. The van der Waals surface area contributed by atoms with Crippen molar-refractivity contribution in [2.75, 3.05) is 13.7 Å². The van der Waals surface area contributed by atoms with E-state index in [0.717, 1.165) is 37.0 Å². The fourth-order valence-electron chi connectivity index (χ4n) is 4.25. The maximum atomic E-state index is 12.1. The topological polar surface area (TPSA) is 49.8 Å². The summed E-state index contributed by atoms with van der Waals surface area (Å²) >= 11 is 0. The van der Waals surface area contributed by atoms with Gasteiger partial charge in [-0.05, 0) is 37.0 Å². The van der Waals surface area contributed by atoms with E-state index < -0.39 is 5.60 Å². The second-order valence-corrected chi connectivity index (χ2v) is 6.64. The van der Waals surface area contributed by atoms with E-state index in [1.54, 1.807) is 14.0 Å². The Balaban J connectivity index is 1.98. The fourth-order valence-corrected chi connectivity index (χ4v) is 4.25. The standard InChI is InChI=1S/C18H25NO3/c1-13(20)19-12-11-18(21)10-4-3-5-16(18)17(19)14-6-8-15(22-2)9-7-14/h6-9,16-17,21H,3-5,10-12H2,1-2H3/t16-,17-,18+/m0/s1. The molecule has 1 aliphatic carbocycles. The molecule has 2 fully saturated rings. The van der Waals surface area contributed by atoms with Crippen LogP contribution in [-0.2, 0) is 4.79 Å². The van der Waals surface area contributed by atoms with Crippen molar-refractivity contribution in [2.45, 2.75) is 50.7 Å². The van der Waals surface area contributed by atoms with Gasteiger partial charge in [-0.1, -0.05) is 25.0 Å². The number of hydrogen-bond donors (Lipinski definition) is 1. The fraction of sp³-hybridized carbons (Fsp3) is 0.611. The van der Waals surface area contributed by atoms with Crippen molar-refractivity contribution < 1.29 is 14.6 Å². The molecule has 1 heterocycles. The summed E-state index contributed by atoms with van der Waals surface area (Å²) in [6, 6.07) is 7.90. The molecule has 1 saturated carbocycles. The van der Waals surface area contributed by atoms with Gasteiger partial charge in [-0.2, -0.15) is 0 Å². The number of piperidine rings is 1. The smallest absolute Gasteiger partial charge is 0.219 e. The van der Waals surface area contributed by atoms with Gasteiger partial charge in [0.1, 0.15) is 5.75 Å². The number of carbonyl (C=O) groups is 1. The molecular formula is C18H25NO3. The van der Waals surface area contributed by atoms with E-state index in [0.29, 0.717) is 13.0 Å². The van der Waals surface area contributed by atoms with Gasteiger partial charge in [-0.15, -0.1) is 0 Å². The minimum atomic E-state index is -0.616. The SMILES string of the molecule is COc1ccc([C@H]2[C@@H]3CCCC[C@@]3(O)CCN2C(C)=O)cc1. The quantitative estimate of drug-likeness (QED) is 0.914. The van der Waals surface area contributed by atoms with Gasteiger partial charge in [-0.25, -0.2) is 0 Å². The van der Waals surface area contributed by atoms with Gasteiger partial charge in [0.25, 0.3) is 0 Å². The Labute approximate surface area is 132 Å². The predicted octanol–water partition coefficient (Wildman–Crippen LogP) is 2.91. The molecule has 4 heteroatoms. The number of nitrogens with zero attached hydrogens (tertiary/aromatic N) is 1. The van der Waals surface area contributed by atoms with Crippen molar-refractivity contribution in [1.29, 1.82) is 0 Å². The largest absolute Gasteiger partial charge is 0.497 e. The average molecular weight is 303 g/mol. The van der Waals surface area contributed by atoms with Crippen LogP contribution in [0.3, 0.4) is 0 Å². The van der Waals surface area contributed by atoms with Gasteiger partial charge in [0.05, 0.1) is 18.8 Å². The summed E-state index contributed by atoms with van der Waals surface area (Å²) < 4.78 is 5.23. The summed E-state index contributed by atoms with van der Waals surface area (Å²) in [5.74, 6) is 1.04. The average Bonchev–Trinajstić information content (AvgIpc) is 2.53. The summed E-state index contributed by atoms with van der Waals surface area (Å²) in [4.78, 5) is 14.0. The Morgan fingerprint density at radius 3 is 2.64 bits per heavy atom. The lowest BCUT2D eigenvalue weighted by molar-refractivity contribution is -0.153. The molecule has 4 nitrogen and oxygen atoms in total. The molecule has 1 amide bonds. The van der Waals surface area contributed by atoms with Gasteiger partial charge in [0.2, 0.25) is 5.91 Å². The number of aliphatic hydroxyl groups is 1. The Morgan fingerprint density at radius 2 is 2.00 bits per heavy atom. The van der Waals surface area contributed by atoms with Crippen molar-refractivity contribution in [3.05, 3.63) is 29.8 Å². The molecule has 0 bridgehead atoms. The Morgan fingerprint density at radius 1 is 1.27 bits per heavy atom. The highest BCUT2D eigenvalue weighted by atomic mass is 16.5. The number of benzene rings is 1. The number of fused-ring (bicyclic) bond motifs is 1. The summed E-state index contributed by atoms with van der Waals surface area (Å²) in [6.07, 6.45) is 4.75. The van der Waals surface area contributed by atoms with Gasteiger partial charge < -0.3 is 14.7 Å². The van der Waals surface area contributed by atoms with Crippen molar-refractivity contribution in [3.63, 3.8) is 0 Å². The molecule has 0 spiro atoms. The number of hydrogen-bond acceptors (Lipinski definition) is 3. The second kappa shape index (κ2) is 5.92. The first-order chi connectivity index (χ1) is 10.5. The molecular weight excluding hydrogens is 278 g/mol. The third-order valence-corrected chi connectivity index (χ3v) is 5.43. The highest BCUT2D eigenvalue weighted by Crippen LogP contribution is 2.49. The maximum absolute atomic E-state index is 12.1. The van der Waals surface area contributed by atoms with E-state index in [2.05, 4.69) is 0 Å². The molecule has 22 heavy (non-hydrogen) atoms. The van der Waals surface area contributed by atoms with E-state index >= 15 is 0 Å². The lowest BCUT2D eigenvalue weighted by Gasteiger charge is -2.52. The summed E-state index contributed by atoms with van der Waals surface area (Å²) in [5, 5.41) is 11.1. The number of methoxy groups -OCH3 is 1. The van der Waals surface area contributed by atoms with E-state index in [9.17, 15) is 9.90 Å². The van der Waals surface area contributed by atoms with Crippen LogP contribution in [0.2, 0.25) is 0 Å². The highest BCUT2D eigenvalue weighted by Gasteiger charge is 2.49. The Kier molecular flexibility index (Phi) is 4.13. The monoisotopic (exact) mass is 303 g/mol. The summed E-state index contributed by atoms with van der Waals surface area (Å²) in [6.45, 7) is 2.27. The third-order valence-electron chi connectivity index (χ3n) is 5.43. The van der Waals surface area contributed by atoms with Crippen LogP contribution < -0.4 is 4.74 Å². The molecule has 2 aliphatic rings. The van der Waals surface area contributed by atoms with Crippen LogP contribution in [-0.4, -0.2) is 35.2 Å². The summed E-state index contributed by atoms with van der Waals surface area (Å²) in [7, 11) is 1.65. The molecule has 1 N–H and O–H groups in total. The summed E-state index contributed by atoms with van der Waals surface area (Å²) in [5.41, 5.74) is 0.482. The number of carbonyl (C=O) groups excluding carboxylic acids is 1. The van der Waals surface area contributed by atoms with Crippen molar-refractivity contribution in [1.82, 2.24) is 4.90 Å². The first kappa shape index (κ1) is 15.3. The van der Waals surface area contributed by atoms with Crippen LogP contribution in [0.25, 0.3) is 0 Å². The maximum Gasteiger partial charge on any atom is 0.219 e. The van der Waals surface area contributed by atoms with Crippen LogP contribution in [0.1, 0.15) is 50.6 Å². The lowest BCUT2D eigenvalue weighted by atomic mass is 9.66. The molecule has 1 saturated heterocycles. The van der Waals surface area contributed by atoms with E-state index in [1.165, 1.54) is 0 Å². The minimum Gasteiger partial charge on any atom is -0.497 e. The molecule has 3 rings (SSSR count). The third kappa shape index (κ3) is 2.60. The van der Waals surface area contributed by atoms with Crippen molar-refractivity contribution in [2.24, 2.45) is 5.92 Å². The first-order valence-corrected chi connectivity index (χ1v) is 8.19. The molecule has 120 valence electrons. The van der Waals surface area contributed by atoms with Crippen molar-refractivity contribution in [3.8, 4) is 5.75 Å². The number of rotatable bonds is 2. The first-order valence-electron chi connectivity index (χ1n) is 8.19. The number of amides is 1. The molecule has 3 atom stereocenters. The van der Waals surface area contributed by atoms with Gasteiger partial charge in [-0.3, -0.25) is 4.79 Å². The van der Waals surface area contributed by atoms with E-state index in [-0.39, 0.29) is 17.9 Å². The number of likely N-dealkylation sites (tertiary alicyclic amines) is 1. The normalized spacial score (nSPS) is 31.5. The van der Waals surface area contributed by atoms with Crippen LogP contribution >= 0.6 is 0 Å². The zero-order valence-corrected chi connectivity index (χ0v) is 13.4. The zero-order valence-electron chi connectivity index (χ0n) is 13.4. The molecule has 0 unspecified atom stereocenters.